The van der Waals surface area contributed by atoms with Gasteiger partial charge >= 0.3 is 0 Å². The van der Waals surface area contributed by atoms with Crippen molar-refractivity contribution >= 4 is 39.9 Å². The van der Waals surface area contributed by atoms with E-state index in [0.29, 0.717) is 10.9 Å². The number of non-ortho nitro benzene ring substituents is 1. The molecule has 0 saturated carbocycles. The maximum absolute atomic E-state index is 10.8. The molecule has 94 valence electrons. The summed E-state index contributed by atoms with van der Waals surface area (Å²) in [4.78, 5) is 16.5. The minimum atomic E-state index is -0.438. The molecule has 1 heterocycles. The van der Waals surface area contributed by atoms with E-state index in [0.717, 1.165) is 15.4 Å². The van der Waals surface area contributed by atoms with Crippen LogP contribution in [0.1, 0.15) is 5.56 Å². The molecule has 4 nitrogen and oxygen atoms in total. The molecular weight excluding hydrogens is 284 g/mol. The molecule has 1 aliphatic rings. The van der Waals surface area contributed by atoms with Gasteiger partial charge in [0, 0.05) is 27.5 Å². The van der Waals surface area contributed by atoms with Gasteiger partial charge in [0.25, 0.3) is 5.69 Å². The lowest BCUT2D eigenvalue weighted by molar-refractivity contribution is -0.384. The average Bonchev–Trinajstić information content (AvgIpc) is 2.54. The zero-order valence-corrected chi connectivity index (χ0v) is 11.1. The number of nitro groups is 1. The third-order valence-electron chi connectivity index (χ3n) is 2.70. The average molecular weight is 291 g/mol. The van der Waals surface area contributed by atoms with E-state index in [1.54, 1.807) is 6.07 Å². The molecule has 0 bridgehead atoms. The van der Waals surface area contributed by atoms with Crippen LogP contribution in [0.15, 0.2) is 57.2 Å². The minimum Gasteiger partial charge on any atom is -0.258 e. The van der Waals surface area contributed by atoms with E-state index >= 15 is 0 Å². The van der Waals surface area contributed by atoms with Crippen molar-refractivity contribution in [3.8, 4) is 0 Å². The first-order chi connectivity index (χ1) is 9.15. The number of rotatable bonds is 1. The van der Waals surface area contributed by atoms with Gasteiger partial charge in [0.1, 0.15) is 5.17 Å². The number of benzene rings is 2. The van der Waals surface area contributed by atoms with Gasteiger partial charge < -0.3 is 0 Å². The van der Waals surface area contributed by atoms with Gasteiger partial charge in [-0.2, -0.15) is 0 Å². The molecule has 0 spiro atoms. The van der Waals surface area contributed by atoms with Gasteiger partial charge in [-0.15, -0.1) is 0 Å². The van der Waals surface area contributed by atoms with E-state index in [1.807, 2.05) is 24.3 Å². The van der Waals surface area contributed by atoms with Gasteiger partial charge in [-0.3, -0.25) is 10.1 Å². The maximum Gasteiger partial charge on any atom is 0.271 e. The van der Waals surface area contributed by atoms with Crippen LogP contribution in [0.4, 0.5) is 11.4 Å². The lowest BCUT2D eigenvalue weighted by Crippen LogP contribution is -1.91. The normalized spacial score (nSPS) is 13.0. The van der Waals surface area contributed by atoms with Gasteiger partial charge in [0.2, 0.25) is 0 Å². The van der Waals surface area contributed by atoms with Gasteiger partial charge in [0.05, 0.1) is 10.6 Å². The van der Waals surface area contributed by atoms with Crippen molar-refractivity contribution in [2.45, 2.75) is 9.79 Å². The van der Waals surface area contributed by atoms with E-state index in [-0.39, 0.29) is 5.69 Å². The van der Waals surface area contributed by atoms with Crippen molar-refractivity contribution < 1.29 is 4.92 Å². The van der Waals surface area contributed by atoms with Crippen LogP contribution in [0, 0.1) is 10.1 Å². The van der Waals surface area contributed by atoms with E-state index in [4.69, 9.17) is 11.6 Å². The summed E-state index contributed by atoms with van der Waals surface area (Å²) in [6.07, 6.45) is 0. The van der Waals surface area contributed by atoms with Gasteiger partial charge in [-0.05, 0) is 12.1 Å². The predicted octanol–water partition coefficient (Wildman–Crippen LogP) is 4.38. The smallest absolute Gasteiger partial charge is 0.258 e. The third-order valence-corrected chi connectivity index (χ3v) is 4.13. The molecule has 2 aromatic carbocycles. The molecule has 0 atom stereocenters. The number of nitro benzene ring substituents is 1. The molecule has 0 N–H and O–H groups in total. The predicted molar refractivity (Wildman–Crippen MR) is 75.7 cm³/mol. The number of aliphatic imine (C=N–C) groups is 1. The third kappa shape index (κ3) is 2.22. The van der Waals surface area contributed by atoms with Crippen LogP contribution in [0.5, 0.6) is 0 Å². The Morgan fingerprint density at radius 2 is 1.95 bits per heavy atom. The van der Waals surface area contributed by atoms with Crippen LogP contribution < -0.4 is 0 Å². The summed E-state index contributed by atoms with van der Waals surface area (Å²) in [5.41, 5.74) is 1.38. The molecule has 0 amide bonds. The monoisotopic (exact) mass is 290 g/mol. The molecule has 0 unspecified atom stereocenters. The summed E-state index contributed by atoms with van der Waals surface area (Å²) < 4.78 is 0. The summed E-state index contributed by atoms with van der Waals surface area (Å²) in [7, 11) is 0. The first-order valence-corrected chi connectivity index (χ1v) is 6.64. The number of halogens is 1. The lowest BCUT2D eigenvalue weighted by atomic mass is 10.2. The molecule has 0 fully saturated rings. The Morgan fingerprint density at radius 1 is 1.16 bits per heavy atom. The largest absolute Gasteiger partial charge is 0.271 e. The summed E-state index contributed by atoms with van der Waals surface area (Å²) in [5, 5.41) is 11.1. The zero-order valence-electron chi connectivity index (χ0n) is 9.54. The summed E-state index contributed by atoms with van der Waals surface area (Å²) >= 11 is 7.68. The highest BCUT2D eigenvalue weighted by Gasteiger charge is 2.18. The molecule has 3 rings (SSSR count). The first kappa shape index (κ1) is 12.2. The Kier molecular flexibility index (Phi) is 3.00. The van der Waals surface area contributed by atoms with Crippen molar-refractivity contribution in [3.05, 3.63) is 58.1 Å². The Hall–Kier alpha value is -1.85. The van der Waals surface area contributed by atoms with Crippen LogP contribution in [0.3, 0.4) is 0 Å². The zero-order chi connectivity index (χ0) is 13.4. The van der Waals surface area contributed by atoms with E-state index < -0.39 is 4.92 Å². The van der Waals surface area contributed by atoms with Crippen LogP contribution >= 0.6 is 23.4 Å². The Labute approximate surface area is 118 Å². The number of hydrogen-bond acceptors (Lipinski definition) is 4. The van der Waals surface area contributed by atoms with Gasteiger partial charge in [-0.1, -0.05) is 41.6 Å². The van der Waals surface area contributed by atoms with Crippen molar-refractivity contribution in [2.24, 2.45) is 4.99 Å². The molecule has 6 heteroatoms. The fraction of sp³-hybridized carbons (Fsp3) is 0. The van der Waals surface area contributed by atoms with Crippen LogP contribution in [-0.4, -0.2) is 10.1 Å². The highest BCUT2D eigenvalue weighted by Crippen LogP contribution is 2.42. The lowest BCUT2D eigenvalue weighted by Gasteiger charge is -2.03. The second-order valence-corrected chi connectivity index (χ2v) is 5.35. The van der Waals surface area contributed by atoms with E-state index in [2.05, 4.69) is 4.99 Å². The summed E-state index contributed by atoms with van der Waals surface area (Å²) in [6, 6.07) is 12.3. The van der Waals surface area contributed by atoms with E-state index in [9.17, 15) is 10.1 Å². The molecule has 0 saturated heterocycles. The Bertz CT molecular complexity index is 716. The molecule has 1 aliphatic heterocycles. The number of fused-ring (bicyclic) bond motifs is 2. The Balaban J connectivity index is 2.19. The number of hydrogen-bond donors (Lipinski definition) is 0. The van der Waals surface area contributed by atoms with Crippen molar-refractivity contribution in [2.75, 3.05) is 0 Å². The van der Waals surface area contributed by atoms with Crippen molar-refractivity contribution in [1.82, 2.24) is 0 Å². The molecule has 19 heavy (non-hydrogen) atoms. The second kappa shape index (κ2) is 4.68. The maximum atomic E-state index is 10.8. The topological polar surface area (TPSA) is 55.5 Å². The standard InChI is InChI=1S/C13H7ClN2O2S/c14-13-9-3-1-2-4-11(9)19-12-6-5-8(16(17)18)7-10(12)15-13/h1-7H. The van der Waals surface area contributed by atoms with Crippen LogP contribution in [0.2, 0.25) is 0 Å². The minimum absolute atomic E-state index is 0.0125. The van der Waals surface area contributed by atoms with Crippen molar-refractivity contribution in [3.63, 3.8) is 0 Å². The highest BCUT2D eigenvalue weighted by atomic mass is 35.5. The summed E-state index contributed by atoms with van der Waals surface area (Å²) in [6.45, 7) is 0. The van der Waals surface area contributed by atoms with Crippen LogP contribution in [0.25, 0.3) is 0 Å². The SMILES string of the molecule is O=[N+]([O-])c1ccc2c(c1)N=C(Cl)c1ccccc1S2. The molecule has 0 radical (unpaired) electrons. The van der Waals surface area contributed by atoms with Gasteiger partial charge in [0.15, 0.2) is 0 Å². The van der Waals surface area contributed by atoms with Crippen LogP contribution in [-0.2, 0) is 0 Å². The van der Waals surface area contributed by atoms with Gasteiger partial charge in [-0.25, -0.2) is 4.99 Å². The highest BCUT2D eigenvalue weighted by molar-refractivity contribution is 7.99. The number of nitrogens with zero attached hydrogens (tertiary/aromatic N) is 2. The summed E-state index contributed by atoms with van der Waals surface area (Å²) in [5.74, 6) is 0. The van der Waals surface area contributed by atoms with E-state index in [1.165, 1.54) is 23.9 Å². The fourth-order valence-electron chi connectivity index (χ4n) is 1.80. The second-order valence-electron chi connectivity index (χ2n) is 3.91. The first-order valence-electron chi connectivity index (χ1n) is 5.45. The molecule has 2 aromatic rings. The Morgan fingerprint density at radius 3 is 2.74 bits per heavy atom. The quantitative estimate of drug-likeness (QED) is 0.578. The molecular formula is C13H7ClN2O2S. The molecule has 0 aliphatic carbocycles. The fourth-order valence-corrected chi connectivity index (χ4v) is 3.12. The van der Waals surface area contributed by atoms with Crippen molar-refractivity contribution in [1.29, 1.82) is 0 Å². The molecule has 0 aromatic heterocycles.